The number of hydrogen-bond donors (Lipinski definition) is 1. The molecule has 0 fully saturated rings. The first-order valence-electron chi connectivity index (χ1n) is 6.38. The molecule has 0 atom stereocenters. The number of anilines is 1. The van der Waals surface area contributed by atoms with E-state index in [9.17, 15) is 0 Å². The van der Waals surface area contributed by atoms with Crippen LogP contribution in [0.15, 0.2) is 30.5 Å². The molecule has 0 saturated carbocycles. The zero-order valence-electron chi connectivity index (χ0n) is 11.4. The van der Waals surface area contributed by atoms with Crippen molar-refractivity contribution in [3.8, 4) is 0 Å². The summed E-state index contributed by atoms with van der Waals surface area (Å²) in [6.07, 6.45) is 2.16. The number of aryl methyl sites for hydroxylation is 3. The van der Waals surface area contributed by atoms with E-state index < -0.39 is 0 Å². The Morgan fingerprint density at radius 1 is 1.26 bits per heavy atom. The van der Waals surface area contributed by atoms with Crippen molar-refractivity contribution in [2.45, 2.75) is 27.3 Å². The summed E-state index contributed by atoms with van der Waals surface area (Å²) < 4.78 is 2.19. The topological polar surface area (TPSA) is 29.3 Å². The Morgan fingerprint density at radius 2 is 2.11 bits per heavy atom. The van der Waals surface area contributed by atoms with Gasteiger partial charge in [-0.15, -0.1) is 11.3 Å². The van der Waals surface area contributed by atoms with Gasteiger partial charge in [-0.1, -0.05) is 12.1 Å². The molecule has 2 heterocycles. The molecule has 0 aliphatic rings. The first-order valence-corrected chi connectivity index (χ1v) is 7.19. The van der Waals surface area contributed by atoms with E-state index in [1.807, 2.05) is 0 Å². The van der Waals surface area contributed by atoms with Crippen molar-refractivity contribution in [2.75, 3.05) is 5.32 Å². The van der Waals surface area contributed by atoms with Crippen molar-refractivity contribution in [2.24, 2.45) is 0 Å². The fraction of sp³-hybridized carbons (Fsp3) is 0.267. The van der Waals surface area contributed by atoms with E-state index in [0.717, 1.165) is 22.9 Å². The van der Waals surface area contributed by atoms with Gasteiger partial charge >= 0.3 is 0 Å². The van der Waals surface area contributed by atoms with Crippen LogP contribution in [0.4, 0.5) is 5.69 Å². The molecule has 19 heavy (non-hydrogen) atoms. The van der Waals surface area contributed by atoms with E-state index >= 15 is 0 Å². The molecular weight excluding hydrogens is 254 g/mol. The van der Waals surface area contributed by atoms with Crippen LogP contribution < -0.4 is 5.32 Å². The van der Waals surface area contributed by atoms with Crippen LogP contribution in [-0.2, 0) is 6.54 Å². The number of nitrogens with zero attached hydrogens (tertiary/aromatic N) is 2. The number of aromatic nitrogens is 2. The number of benzene rings is 1. The predicted molar refractivity (Wildman–Crippen MR) is 81.0 cm³/mol. The molecule has 4 heteroatoms. The molecule has 0 aliphatic carbocycles. The van der Waals surface area contributed by atoms with Gasteiger partial charge in [-0.3, -0.25) is 4.40 Å². The van der Waals surface area contributed by atoms with Gasteiger partial charge in [-0.2, -0.15) is 0 Å². The molecule has 98 valence electrons. The van der Waals surface area contributed by atoms with Crippen LogP contribution in [0.3, 0.4) is 0 Å². The number of imidazole rings is 1. The molecule has 2 aromatic heterocycles. The molecule has 3 rings (SSSR count). The maximum Gasteiger partial charge on any atom is 0.194 e. The Bertz CT molecular complexity index is 724. The first kappa shape index (κ1) is 12.2. The molecule has 0 saturated heterocycles. The third-order valence-corrected chi connectivity index (χ3v) is 4.12. The smallest absolute Gasteiger partial charge is 0.194 e. The quantitative estimate of drug-likeness (QED) is 0.782. The van der Waals surface area contributed by atoms with Gasteiger partial charge < -0.3 is 5.32 Å². The summed E-state index contributed by atoms with van der Waals surface area (Å²) in [6, 6.07) is 8.44. The number of thiazole rings is 1. The monoisotopic (exact) mass is 271 g/mol. The van der Waals surface area contributed by atoms with Crippen LogP contribution in [0.1, 0.15) is 21.8 Å². The lowest BCUT2D eigenvalue weighted by Crippen LogP contribution is -2.03. The van der Waals surface area contributed by atoms with E-state index in [-0.39, 0.29) is 0 Å². The van der Waals surface area contributed by atoms with E-state index in [1.165, 1.54) is 16.1 Å². The Kier molecular flexibility index (Phi) is 3.03. The van der Waals surface area contributed by atoms with Crippen molar-refractivity contribution in [1.29, 1.82) is 0 Å². The molecule has 0 unspecified atom stereocenters. The maximum absolute atomic E-state index is 4.61. The van der Waals surface area contributed by atoms with Crippen LogP contribution in [-0.4, -0.2) is 9.38 Å². The molecule has 0 aliphatic heterocycles. The normalized spacial score (nSPS) is 11.1. The second-order valence-electron chi connectivity index (χ2n) is 4.86. The fourth-order valence-electron chi connectivity index (χ4n) is 2.26. The average Bonchev–Trinajstić information content (AvgIpc) is 2.82. The fourth-order valence-corrected chi connectivity index (χ4v) is 3.15. The summed E-state index contributed by atoms with van der Waals surface area (Å²) in [5.41, 5.74) is 4.76. The van der Waals surface area contributed by atoms with Crippen LogP contribution in [0, 0.1) is 20.8 Å². The number of fused-ring (bicyclic) bond motifs is 1. The maximum atomic E-state index is 4.61. The first-order chi connectivity index (χ1) is 9.13. The highest BCUT2D eigenvalue weighted by molar-refractivity contribution is 7.17. The Labute approximate surface area is 116 Å². The van der Waals surface area contributed by atoms with Crippen molar-refractivity contribution in [3.63, 3.8) is 0 Å². The minimum atomic E-state index is 0.798. The summed E-state index contributed by atoms with van der Waals surface area (Å²) in [5.74, 6) is 0. The zero-order valence-corrected chi connectivity index (χ0v) is 12.2. The van der Waals surface area contributed by atoms with Crippen LogP contribution in [0.5, 0.6) is 0 Å². The SMILES string of the molecule is Cc1cccc(NCc2c(C)nc3sc(C)cn23)c1. The molecule has 0 radical (unpaired) electrons. The molecule has 0 amide bonds. The third kappa shape index (κ3) is 2.36. The van der Waals surface area contributed by atoms with E-state index in [4.69, 9.17) is 0 Å². The lowest BCUT2D eigenvalue weighted by molar-refractivity contribution is 0.991. The van der Waals surface area contributed by atoms with Gasteiger partial charge in [-0.05, 0) is 38.5 Å². The van der Waals surface area contributed by atoms with Crippen LogP contribution >= 0.6 is 11.3 Å². The minimum Gasteiger partial charge on any atom is -0.379 e. The highest BCUT2D eigenvalue weighted by Crippen LogP contribution is 2.21. The number of rotatable bonds is 3. The van der Waals surface area contributed by atoms with E-state index in [1.54, 1.807) is 11.3 Å². The number of hydrogen-bond acceptors (Lipinski definition) is 3. The molecule has 1 N–H and O–H groups in total. The van der Waals surface area contributed by atoms with Crippen LogP contribution in [0.25, 0.3) is 4.96 Å². The molecule has 0 bridgehead atoms. The molecule has 1 aromatic carbocycles. The Hall–Kier alpha value is -1.81. The van der Waals surface area contributed by atoms with Crippen molar-refractivity contribution in [1.82, 2.24) is 9.38 Å². The van der Waals surface area contributed by atoms with Crippen molar-refractivity contribution < 1.29 is 0 Å². The van der Waals surface area contributed by atoms with Gasteiger partial charge in [0.25, 0.3) is 0 Å². The summed E-state index contributed by atoms with van der Waals surface area (Å²) >= 11 is 1.74. The molecule has 0 spiro atoms. The predicted octanol–water partition coefficient (Wildman–Crippen LogP) is 3.93. The average molecular weight is 271 g/mol. The Balaban J connectivity index is 1.87. The van der Waals surface area contributed by atoms with Crippen molar-refractivity contribution >= 4 is 22.0 Å². The van der Waals surface area contributed by atoms with Gasteiger partial charge in [0.1, 0.15) is 0 Å². The lowest BCUT2D eigenvalue weighted by Gasteiger charge is -2.07. The second-order valence-corrected chi connectivity index (χ2v) is 6.07. The molecule has 3 aromatic rings. The van der Waals surface area contributed by atoms with Crippen molar-refractivity contribution in [3.05, 3.63) is 52.3 Å². The highest BCUT2D eigenvalue weighted by Gasteiger charge is 2.10. The van der Waals surface area contributed by atoms with E-state index in [0.29, 0.717) is 0 Å². The summed E-state index contributed by atoms with van der Waals surface area (Å²) in [6.45, 7) is 7.09. The van der Waals surface area contributed by atoms with Gasteiger partial charge in [0, 0.05) is 16.8 Å². The van der Waals surface area contributed by atoms with Gasteiger partial charge in [0.15, 0.2) is 4.96 Å². The van der Waals surface area contributed by atoms with E-state index in [2.05, 4.69) is 65.9 Å². The number of nitrogens with one attached hydrogen (secondary N) is 1. The highest BCUT2D eigenvalue weighted by atomic mass is 32.1. The largest absolute Gasteiger partial charge is 0.379 e. The molecule has 3 nitrogen and oxygen atoms in total. The summed E-state index contributed by atoms with van der Waals surface area (Å²) in [4.78, 5) is 6.98. The second kappa shape index (κ2) is 4.70. The third-order valence-electron chi connectivity index (χ3n) is 3.22. The van der Waals surface area contributed by atoms with Crippen LogP contribution in [0.2, 0.25) is 0 Å². The van der Waals surface area contributed by atoms with Gasteiger partial charge in [0.05, 0.1) is 17.9 Å². The standard InChI is InChI=1S/C15H17N3S/c1-10-5-4-6-13(7-10)16-8-14-12(3)17-15-18(14)9-11(2)19-15/h4-7,9,16H,8H2,1-3H3. The van der Waals surface area contributed by atoms with Gasteiger partial charge in [0.2, 0.25) is 0 Å². The summed E-state index contributed by atoms with van der Waals surface area (Å²) in [7, 11) is 0. The zero-order chi connectivity index (χ0) is 13.4. The summed E-state index contributed by atoms with van der Waals surface area (Å²) in [5, 5.41) is 3.47. The minimum absolute atomic E-state index is 0.798. The molecular formula is C15H17N3S. The van der Waals surface area contributed by atoms with Gasteiger partial charge in [-0.25, -0.2) is 4.98 Å². The Morgan fingerprint density at radius 3 is 2.89 bits per heavy atom. The lowest BCUT2D eigenvalue weighted by atomic mass is 10.2.